The van der Waals surface area contributed by atoms with Gasteiger partial charge in [0.15, 0.2) is 11.0 Å². The lowest BCUT2D eigenvalue weighted by Crippen LogP contribution is -2.32. The molecule has 5 heteroatoms. The maximum Gasteiger partial charge on any atom is 0.155 e. The summed E-state index contributed by atoms with van der Waals surface area (Å²) < 4.78 is 0. The molecule has 0 bridgehead atoms. The average molecular weight is 243 g/mol. The highest BCUT2D eigenvalue weighted by Gasteiger charge is 2.09. The predicted molar refractivity (Wildman–Crippen MR) is 68.2 cm³/mol. The second kappa shape index (κ2) is 5.46. The van der Waals surface area contributed by atoms with Crippen molar-refractivity contribution >= 4 is 17.4 Å². The quantitative estimate of drug-likeness (QED) is 0.878. The molecular weight excluding hydrogens is 224 g/mol. The molecule has 0 aliphatic rings. The van der Waals surface area contributed by atoms with E-state index < -0.39 is 0 Å². The molecule has 0 radical (unpaired) electrons. The number of rotatable bonds is 4. The third-order valence-corrected chi connectivity index (χ3v) is 3.27. The van der Waals surface area contributed by atoms with Crippen LogP contribution >= 0.6 is 11.6 Å². The number of hydrogen-bond donors (Lipinski definition) is 1. The number of anilines is 1. The van der Waals surface area contributed by atoms with Gasteiger partial charge in [0.2, 0.25) is 0 Å². The first-order valence-electron chi connectivity index (χ1n) is 5.33. The Morgan fingerprint density at radius 2 is 1.88 bits per heavy atom. The second-order valence-electron chi connectivity index (χ2n) is 4.28. The number of nitrogens with one attached hydrogen (secondary N) is 1. The molecule has 1 aromatic rings. The first-order valence-corrected chi connectivity index (χ1v) is 5.71. The van der Waals surface area contributed by atoms with Crippen molar-refractivity contribution in [2.75, 3.05) is 26.0 Å². The Morgan fingerprint density at radius 1 is 1.25 bits per heavy atom. The Labute approximate surface area is 102 Å². The highest BCUT2D eigenvalue weighted by molar-refractivity contribution is 6.30. The van der Waals surface area contributed by atoms with Crippen LogP contribution < -0.4 is 5.32 Å². The van der Waals surface area contributed by atoms with Gasteiger partial charge in [0, 0.05) is 12.6 Å². The first kappa shape index (κ1) is 13.2. The molecule has 1 atom stereocenters. The Balaban J connectivity index is 2.72. The van der Waals surface area contributed by atoms with Crippen molar-refractivity contribution in [2.45, 2.75) is 26.8 Å². The van der Waals surface area contributed by atoms with Gasteiger partial charge < -0.3 is 10.2 Å². The largest absolute Gasteiger partial charge is 0.367 e. The SMILES string of the molecule is Cc1c(Cl)nnc(NCC(C)N(C)C)c1C. The third kappa shape index (κ3) is 3.06. The van der Waals surface area contributed by atoms with Crippen LogP contribution in [0.2, 0.25) is 5.15 Å². The molecule has 0 saturated carbocycles. The van der Waals surface area contributed by atoms with Crippen molar-refractivity contribution in [3.63, 3.8) is 0 Å². The molecule has 1 aromatic heterocycles. The molecule has 1 N–H and O–H groups in total. The molecule has 0 aliphatic carbocycles. The van der Waals surface area contributed by atoms with E-state index in [0.29, 0.717) is 11.2 Å². The van der Waals surface area contributed by atoms with Crippen LogP contribution in [0.3, 0.4) is 0 Å². The second-order valence-corrected chi connectivity index (χ2v) is 4.64. The van der Waals surface area contributed by atoms with E-state index in [1.807, 2.05) is 13.8 Å². The summed E-state index contributed by atoms with van der Waals surface area (Å²) in [6.07, 6.45) is 0. The van der Waals surface area contributed by atoms with Gasteiger partial charge in [0.1, 0.15) is 0 Å². The van der Waals surface area contributed by atoms with Crippen LogP contribution in [0.15, 0.2) is 0 Å². The summed E-state index contributed by atoms with van der Waals surface area (Å²) in [5, 5.41) is 11.7. The van der Waals surface area contributed by atoms with Crippen molar-refractivity contribution < 1.29 is 0 Å². The van der Waals surface area contributed by atoms with Crippen molar-refractivity contribution in [1.82, 2.24) is 15.1 Å². The lowest BCUT2D eigenvalue weighted by molar-refractivity contribution is 0.326. The minimum Gasteiger partial charge on any atom is -0.367 e. The van der Waals surface area contributed by atoms with Gasteiger partial charge >= 0.3 is 0 Å². The summed E-state index contributed by atoms with van der Waals surface area (Å²) in [5.74, 6) is 0.815. The van der Waals surface area contributed by atoms with Gasteiger partial charge in [0.25, 0.3) is 0 Å². The van der Waals surface area contributed by atoms with Crippen molar-refractivity contribution in [3.05, 3.63) is 16.3 Å². The third-order valence-electron chi connectivity index (χ3n) is 2.91. The van der Waals surface area contributed by atoms with E-state index in [9.17, 15) is 0 Å². The minimum absolute atomic E-state index is 0.442. The zero-order chi connectivity index (χ0) is 12.3. The summed E-state index contributed by atoms with van der Waals surface area (Å²) in [6.45, 7) is 6.94. The van der Waals surface area contributed by atoms with Gasteiger partial charge in [-0.3, -0.25) is 0 Å². The standard InChI is InChI=1S/C11H19ClN4/c1-7(16(4)5)6-13-11-9(3)8(2)10(12)14-15-11/h7H,6H2,1-5H3,(H,13,15). The first-order chi connectivity index (χ1) is 7.43. The molecule has 1 rings (SSSR count). The fourth-order valence-electron chi connectivity index (χ4n) is 1.17. The molecule has 0 saturated heterocycles. The molecular formula is C11H19ClN4. The summed E-state index contributed by atoms with van der Waals surface area (Å²) in [4.78, 5) is 2.15. The lowest BCUT2D eigenvalue weighted by Gasteiger charge is -2.20. The molecule has 1 unspecified atom stereocenters. The Kier molecular flexibility index (Phi) is 4.50. The van der Waals surface area contributed by atoms with E-state index in [2.05, 4.69) is 41.4 Å². The van der Waals surface area contributed by atoms with E-state index >= 15 is 0 Å². The number of halogens is 1. The molecule has 0 aliphatic heterocycles. The minimum atomic E-state index is 0.442. The maximum absolute atomic E-state index is 5.89. The number of hydrogen-bond acceptors (Lipinski definition) is 4. The summed E-state index contributed by atoms with van der Waals surface area (Å²) in [7, 11) is 4.11. The van der Waals surface area contributed by atoms with Gasteiger partial charge in [-0.2, -0.15) is 0 Å². The number of likely N-dealkylation sites (N-methyl/N-ethyl adjacent to an activating group) is 1. The normalized spacial score (nSPS) is 12.9. The smallest absolute Gasteiger partial charge is 0.155 e. The van der Waals surface area contributed by atoms with Gasteiger partial charge in [-0.05, 0) is 46.0 Å². The molecule has 1 heterocycles. The van der Waals surface area contributed by atoms with Crippen molar-refractivity contribution in [1.29, 1.82) is 0 Å². The zero-order valence-electron chi connectivity index (χ0n) is 10.5. The van der Waals surface area contributed by atoms with Crippen LogP contribution in [-0.2, 0) is 0 Å². The summed E-state index contributed by atoms with van der Waals surface area (Å²) >= 11 is 5.89. The molecule has 90 valence electrons. The number of aromatic nitrogens is 2. The van der Waals surface area contributed by atoms with Crippen LogP contribution in [0.1, 0.15) is 18.1 Å². The predicted octanol–water partition coefficient (Wildman–Crippen LogP) is 2.11. The van der Waals surface area contributed by atoms with E-state index in [1.54, 1.807) is 0 Å². The van der Waals surface area contributed by atoms with Crippen molar-refractivity contribution in [2.24, 2.45) is 0 Å². The highest BCUT2D eigenvalue weighted by atomic mass is 35.5. The van der Waals surface area contributed by atoms with Crippen LogP contribution in [0, 0.1) is 13.8 Å². The molecule has 16 heavy (non-hydrogen) atoms. The van der Waals surface area contributed by atoms with Crippen LogP contribution in [0.4, 0.5) is 5.82 Å². The Morgan fingerprint density at radius 3 is 2.44 bits per heavy atom. The van der Waals surface area contributed by atoms with E-state index in [-0.39, 0.29) is 0 Å². The summed E-state index contributed by atoms with van der Waals surface area (Å²) in [5.41, 5.74) is 2.04. The number of nitrogens with zero attached hydrogens (tertiary/aromatic N) is 3. The van der Waals surface area contributed by atoms with Crippen LogP contribution in [-0.4, -0.2) is 41.8 Å². The Bertz CT molecular complexity index is 365. The molecule has 0 fully saturated rings. The fraction of sp³-hybridized carbons (Fsp3) is 0.636. The molecule has 0 amide bonds. The van der Waals surface area contributed by atoms with Crippen LogP contribution in [0.5, 0.6) is 0 Å². The van der Waals surface area contributed by atoms with Gasteiger partial charge in [-0.25, -0.2) is 0 Å². The molecule has 0 aromatic carbocycles. The topological polar surface area (TPSA) is 41.1 Å². The van der Waals surface area contributed by atoms with Gasteiger partial charge in [-0.15, -0.1) is 10.2 Å². The van der Waals surface area contributed by atoms with Crippen LogP contribution in [0.25, 0.3) is 0 Å². The van der Waals surface area contributed by atoms with Gasteiger partial charge in [-0.1, -0.05) is 11.6 Å². The van der Waals surface area contributed by atoms with E-state index in [1.165, 1.54) is 0 Å². The lowest BCUT2D eigenvalue weighted by atomic mass is 10.2. The monoisotopic (exact) mass is 242 g/mol. The highest BCUT2D eigenvalue weighted by Crippen LogP contribution is 2.20. The van der Waals surface area contributed by atoms with E-state index in [0.717, 1.165) is 23.5 Å². The zero-order valence-corrected chi connectivity index (χ0v) is 11.3. The summed E-state index contributed by atoms with van der Waals surface area (Å²) in [6, 6.07) is 0.442. The fourth-order valence-corrected chi connectivity index (χ4v) is 1.35. The van der Waals surface area contributed by atoms with Crippen molar-refractivity contribution in [3.8, 4) is 0 Å². The maximum atomic E-state index is 5.89. The van der Waals surface area contributed by atoms with Gasteiger partial charge in [0.05, 0.1) is 0 Å². The Hall–Kier alpha value is -0.870. The average Bonchev–Trinajstić information content (AvgIpc) is 2.24. The molecule has 4 nitrogen and oxygen atoms in total. The van der Waals surface area contributed by atoms with E-state index in [4.69, 9.17) is 11.6 Å². The molecule has 0 spiro atoms.